The van der Waals surface area contributed by atoms with Gasteiger partial charge in [-0.05, 0) is 188 Å². The molecule has 0 aliphatic rings. The van der Waals surface area contributed by atoms with Gasteiger partial charge in [0.15, 0.2) is 5.58 Å². The largest absolute Gasteiger partial charge is 0.454 e. The summed E-state index contributed by atoms with van der Waals surface area (Å²) in [6, 6.07) is 124. The highest BCUT2D eigenvalue weighted by molar-refractivity contribution is 6.19. The molecule has 3 aromatic heterocycles. The minimum absolute atomic E-state index is 0.861. The fourth-order valence-electron chi connectivity index (χ4n) is 14.9. The third kappa shape index (κ3) is 8.55. The van der Waals surface area contributed by atoms with Gasteiger partial charge in [0, 0.05) is 71.5 Å². The maximum Gasteiger partial charge on any atom is 0.159 e. The summed E-state index contributed by atoms with van der Waals surface area (Å²) >= 11 is 0. The first-order valence-corrected chi connectivity index (χ1v) is 31.9. The molecule has 3 heterocycles. The highest BCUT2D eigenvalue weighted by atomic mass is 16.3. The smallest absolute Gasteiger partial charge is 0.159 e. The Kier molecular flexibility index (Phi) is 11.9. The fraction of sp³-hybridized carbons (Fsp3) is 0. The van der Waals surface area contributed by atoms with Crippen LogP contribution in [-0.4, -0.2) is 9.13 Å². The second-order valence-electron chi connectivity index (χ2n) is 24.4. The van der Waals surface area contributed by atoms with Crippen molar-refractivity contribution in [1.82, 2.24) is 9.13 Å². The van der Waals surface area contributed by atoms with Crippen LogP contribution >= 0.6 is 0 Å². The van der Waals surface area contributed by atoms with Crippen molar-refractivity contribution in [3.05, 3.63) is 340 Å². The van der Waals surface area contributed by atoms with Crippen molar-refractivity contribution in [2.24, 2.45) is 0 Å². The van der Waals surface area contributed by atoms with Gasteiger partial charge in [0.2, 0.25) is 0 Å². The normalized spacial score (nSPS) is 11.9. The van der Waals surface area contributed by atoms with Crippen LogP contribution in [0.15, 0.2) is 344 Å². The first kappa shape index (κ1) is 52.5. The molecule has 0 spiro atoms. The van der Waals surface area contributed by atoms with Gasteiger partial charge in [0.1, 0.15) is 5.58 Å². The average molecular weight is 1190 g/mol. The Hall–Kier alpha value is -12.4. The summed E-state index contributed by atoms with van der Waals surface area (Å²) < 4.78 is 11.6. The lowest BCUT2D eigenvalue weighted by atomic mass is 9.96. The van der Waals surface area contributed by atoms with E-state index in [1.807, 2.05) is 6.07 Å². The van der Waals surface area contributed by atoms with Crippen LogP contribution in [0.5, 0.6) is 0 Å². The van der Waals surface area contributed by atoms with Crippen LogP contribution in [0.2, 0.25) is 0 Å². The minimum Gasteiger partial charge on any atom is -0.454 e. The SMILES string of the molecule is c1ccc(N(c2cccc(-c3cccc(-c4ccc5ccc(-n6c7ccccc7c7cc8c(N(c9ccccc9)c9cccc%10c9oc9ccccc9%10)cccc8cc76)cc5c4)c3)c2)c2cccc3cc4c(cc23)c2ccccc2n4-c2ccc3ccccc3c2)cc1. The molecule has 0 saturated carbocycles. The first-order chi connectivity index (χ1) is 46.1. The number of aromatic nitrogens is 2. The molecule has 0 radical (unpaired) electrons. The molecule has 16 aromatic carbocycles. The number of nitrogens with zero attached hydrogens (tertiary/aromatic N) is 4. The highest BCUT2D eigenvalue weighted by Gasteiger charge is 2.24. The number of benzene rings is 16. The van der Waals surface area contributed by atoms with Gasteiger partial charge in [0.05, 0.1) is 39.1 Å². The maximum absolute atomic E-state index is 6.72. The number of anilines is 6. The highest BCUT2D eigenvalue weighted by Crippen LogP contribution is 2.48. The van der Waals surface area contributed by atoms with Gasteiger partial charge in [-0.3, -0.25) is 0 Å². The standard InChI is InChI=1S/C88H56N4O/c1-3-27-67(28-4-1)89(82-38-17-25-64-53-85-78(55-76(64)82)72-32-9-12-36-80(72)91(85)70-46-44-57-20-7-8-21-61(57)50-70)69-31-16-24-62(51-69)59-22-15-23-60(48-59)63-43-42-58-45-47-71(52-66(58)49-63)92-81-37-13-10-33-73(81)79-56-77-65(54-86(79)92)26-18-39-83(77)90(68-29-5-2-6-30-68)84-40-19-35-75-74-34-11-14-41-87(74)93-88(75)84/h1-56H. The summed E-state index contributed by atoms with van der Waals surface area (Å²) in [6.45, 7) is 0. The summed E-state index contributed by atoms with van der Waals surface area (Å²) in [4.78, 5) is 4.79. The van der Waals surface area contributed by atoms with Gasteiger partial charge >= 0.3 is 0 Å². The van der Waals surface area contributed by atoms with E-state index in [0.29, 0.717) is 0 Å². The fourth-order valence-corrected chi connectivity index (χ4v) is 14.9. The lowest BCUT2D eigenvalue weighted by Crippen LogP contribution is -2.10. The molecule has 0 amide bonds. The molecule has 19 rings (SSSR count). The number of hydrogen-bond acceptors (Lipinski definition) is 3. The molecule has 5 heteroatoms. The van der Waals surface area contributed by atoms with Crippen LogP contribution in [-0.2, 0) is 0 Å². The zero-order valence-corrected chi connectivity index (χ0v) is 50.5. The van der Waals surface area contributed by atoms with E-state index in [1.165, 1.54) is 64.9 Å². The number of furan rings is 1. The summed E-state index contributed by atoms with van der Waals surface area (Å²) in [6.07, 6.45) is 0. The maximum atomic E-state index is 6.72. The van der Waals surface area contributed by atoms with E-state index in [2.05, 4.69) is 353 Å². The van der Waals surface area contributed by atoms with E-state index in [9.17, 15) is 0 Å². The Morgan fingerprint density at radius 1 is 0.215 bits per heavy atom. The summed E-state index contributed by atoms with van der Waals surface area (Å²) in [5.74, 6) is 0. The third-order valence-corrected chi connectivity index (χ3v) is 19.1. The number of para-hydroxylation sites is 6. The van der Waals surface area contributed by atoms with Crippen molar-refractivity contribution in [2.45, 2.75) is 0 Å². The van der Waals surface area contributed by atoms with Gasteiger partial charge in [-0.15, -0.1) is 0 Å². The lowest BCUT2D eigenvalue weighted by molar-refractivity contribution is 0.669. The van der Waals surface area contributed by atoms with Crippen LogP contribution < -0.4 is 9.80 Å². The molecule has 0 atom stereocenters. The Morgan fingerprint density at radius 2 is 0.667 bits per heavy atom. The van der Waals surface area contributed by atoms with Crippen LogP contribution in [0.4, 0.5) is 34.1 Å². The molecular formula is C88H56N4O. The van der Waals surface area contributed by atoms with E-state index < -0.39 is 0 Å². The molecule has 0 aliphatic heterocycles. The predicted molar refractivity (Wildman–Crippen MR) is 393 cm³/mol. The molecular weight excluding hydrogens is 1130 g/mol. The second kappa shape index (κ2) is 21.1. The average Bonchev–Trinajstić information content (AvgIpc) is 1.61. The lowest BCUT2D eigenvalue weighted by Gasteiger charge is -2.27. The van der Waals surface area contributed by atoms with Crippen molar-refractivity contribution in [3.8, 4) is 33.6 Å². The summed E-state index contributed by atoms with van der Waals surface area (Å²) in [5, 5.41) is 16.5. The second-order valence-corrected chi connectivity index (χ2v) is 24.4. The van der Waals surface area contributed by atoms with E-state index in [1.54, 1.807) is 0 Å². The molecule has 0 N–H and O–H groups in total. The van der Waals surface area contributed by atoms with Crippen LogP contribution in [0, 0.1) is 0 Å². The Labute approximate surface area is 536 Å². The van der Waals surface area contributed by atoms with E-state index in [-0.39, 0.29) is 0 Å². The molecule has 0 bridgehead atoms. The molecule has 93 heavy (non-hydrogen) atoms. The number of hydrogen-bond donors (Lipinski definition) is 0. The molecule has 19 aromatic rings. The van der Waals surface area contributed by atoms with Crippen molar-refractivity contribution in [1.29, 1.82) is 0 Å². The van der Waals surface area contributed by atoms with Crippen LogP contribution in [0.25, 0.3) is 142 Å². The molecule has 0 unspecified atom stereocenters. The van der Waals surface area contributed by atoms with Crippen LogP contribution in [0.1, 0.15) is 0 Å². The van der Waals surface area contributed by atoms with Crippen molar-refractivity contribution >= 4 is 143 Å². The van der Waals surface area contributed by atoms with Gasteiger partial charge < -0.3 is 23.4 Å². The van der Waals surface area contributed by atoms with E-state index in [0.717, 1.165) is 111 Å². The number of rotatable bonds is 10. The summed E-state index contributed by atoms with van der Waals surface area (Å²) in [7, 11) is 0. The predicted octanol–water partition coefficient (Wildman–Crippen LogP) is 24.7. The summed E-state index contributed by atoms with van der Waals surface area (Å²) in [5.41, 5.74) is 19.7. The van der Waals surface area contributed by atoms with Gasteiger partial charge in [-0.1, -0.05) is 206 Å². The third-order valence-electron chi connectivity index (χ3n) is 19.1. The molecule has 0 aliphatic carbocycles. The number of fused-ring (bicyclic) bond motifs is 13. The zero-order valence-electron chi connectivity index (χ0n) is 50.5. The quantitative estimate of drug-likeness (QED) is 0.137. The van der Waals surface area contributed by atoms with Crippen molar-refractivity contribution < 1.29 is 4.42 Å². The zero-order chi connectivity index (χ0) is 61.1. The Balaban J connectivity index is 0.691. The van der Waals surface area contributed by atoms with Crippen molar-refractivity contribution in [2.75, 3.05) is 9.80 Å². The van der Waals surface area contributed by atoms with E-state index >= 15 is 0 Å². The van der Waals surface area contributed by atoms with Crippen molar-refractivity contribution in [3.63, 3.8) is 0 Å². The molecule has 5 nitrogen and oxygen atoms in total. The van der Waals surface area contributed by atoms with E-state index in [4.69, 9.17) is 4.42 Å². The Morgan fingerprint density at radius 3 is 1.33 bits per heavy atom. The molecule has 434 valence electrons. The molecule has 0 fully saturated rings. The Bertz CT molecular complexity index is 6210. The van der Waals surface area contributed by atoms with Gasteiger partial charge in [0.25, 0.3) is 0 Å². The first-order valence-electron chi connectivity index (χ1n) is 31.9. The minimum atomic E-state index is 0.861. The van der Waals surface area contributed by atoms with Gasteiger partial charge in [-0.25, -0.2) is 0 Å². The van der Waals surface area contributed by atoms with Crippen LogP contribution in [0.3, 0.4) is 0 Å². The topological polar surface area (TPSA) is 29.5 Å². The van der Waals surface area contributed by atoms with Gasteiger partial charge in [-0.2, -0.15) is 0 Å². The molecule has 0 saturated heterocycles. The monoisotopic (exact) mass is 1180 g/mol.